The van der Waals surface area contributed by atoms with E-state index in [1.165, 1.54) is 6.92 Å². The van der Waals surface area contributed by atoms with E-state index in [1.54, 1.807) is 20.8 Å². The SMILES string of the molecule is C[CH2][Ge]([CH2]C)([CH2]C)[CH]1C(=O)N2C(C(=O)OC(C)(C)C)=C(COC(C)=O)CS(=O)(=O)C12. The predicted molar refractivity (Wildman–Crippen MR) is 115 cm³/mol. The van der Waals surface area contributed by atoms with Crippen LogP contribution in [0.4, 0.5) is 0 Å². The molecule has 1 fully saturated rings. The summed E-state index contributed by atoms with van der Waals surface area (Å²) in [7, 11) is -3.73. The van der Waals surface area contributed by atoms with E-state index in [1.807, 2.05) is 20.8 Å². The Labute approximate surface area is 181 Å². The van der Waals surface area contributed by atoms with Crippen molar-refractivity contribution < 1.29 is 32.3 Å². The molecule has 0 bridgehead atoms. The third kappa shape index (κ3) is 4.46. The van der Waals surface area contributed by atoms with Crippen LogP contribution in [0.15, 0.2) is 11.3 Å². The first-order valence-corrected chi connectivity index (χ1v) is 17.8. The summed E-state index contributed by atoms with van der Waals surface area (Å²) >= 11 is -2.80. The van der Waals surface area contributed by atoms with Crippen LogP contribution >= 0.6 is 0 Å². The number of rotatable bonds is 7. The number of carbonyl (C=O) groups is 3. The zero-order valence-electron chi connectivity index (χ0n) is 18.9. The standard InChI is InChI=1S/C20H33GeNO7S/c1-8-21(9-2,10-3)15-17(24)22-16(19(25)29-20(5,6)7)14(11-28-13(4)23)12-30(26,27)18(15)22/h15,18H,8-12H2,1-7H3. The summed E-state index contributed by atoms with van der Waals surface area (Å²) in [6.07, 6.45) is 0. The number of fused-ring (bicyclic) bond motifs is 1. The van der Waals surface area contributed by atoms with Crippen LogP contribution in [0.3, 0.4) is 0 Å². The van der Waals surface area contributed by atoms with E-state index >= 15 is 0 Å². The Kier molecular flexibility index (Phi) is 7.18. The van der Waals surface area contributed by atoms with Gasteiger partial charge < -0.3 is 0 Å². The molecule has 8 nitrogen and oxygen atoms in total. The third-order valence-electron chi connectivity index (χ3n) is 6.18. The van der Waals surface area contributed by atoms with Crippen molar-refractivity contribution in [3.63, 3.8) is 0 Å². The Bertz CT molecular complexity index is 860. The van der Waals surface area contributed by atoms with Gasteiger partial charge in [0.25, 0.3) is 0 Å². The van der Waals surface area contributed by atoms with Crippen LogP contribution in [0.2, 0.25) is 20.5 Å². The van der Waals surface area contributed by atoms with Crippen LogP contribution in [-0.4, -0.2) is 67.8 Å². The molecule has 1 amide bonds. The Morgan fingerprint density at radius 1 is 1.13 bits per heavy atom. The van der Waals surface area contributed by atoms with E-state index in [0.717, 1.165) is 20.7 Å². The average Bonchev–Trinajstić information content (AvgIpc) is 2.62. The van der Waals surface area contributed by atoms with Gasteiger partial charge in [-0.2, -0.15) is 0 Å². The van der Waals surface area contributed by atoms with Crippen molar-refractivity contribution in [2.24, 2.45) is 0 Å². The van der Waals surface area contributed by atoms with Crippen molar-refractivity contribution in [1.82, 2.24) is 4.90 Å². The maximum atomic E-state index is 13.3. The van der Waals surface area contributed by atoms with Crippen molar-refractivity contribution in [3.05, 3.63) is 11.3 Å². The molecule has 0 N–H and O–H groups in total. The van der Waals surface area contributed by atoms with Gasteiger partial charge in [0.2, 0.25) is 0 Å². The van der Waals surface area contributed by atoms with Crippen molar-refractivity contribution in [2.45, 2.75) is 80.0 Å². The molecule has 2 atom stereocenters. The molecular weight excluding hydrogens is 471 g/mol. The molecule has 0 spiro atoms. The third-order valence-corrected chi connectivity index (χ3v) is 21.5. The molecule has 170 valence electrons. The Balaban J connectivity index is 2.59. The molecule has 0 radical (unpaired) electrons. The molecule has 30 heavy (non-hydrogen) atoms. The van der Waals surface area contributed by atoms with Crippen LogP contribution in [0.1, 0.15) is 48.5 Å². The molecule has 2 aliphatic rings. The Morgan fingerprint density at radius 3 is 2.10 bits per heavy atom. The van der Waals surface area contributed by atoms with Gasteiger partial charge in [0.15, 0.2) is 0 Å². The molecule has 0 aromatic heterocycles. The van der Waals surface area contributed by atoms with Gasteiger partial charge in [0.1, 0.15) is 0 Å². The van der Waals surface area contributed by atoms with Crippen LogP contribution in [0.25, 0.3) is 0 Å². The number of ether oxygens (including phenoxy) is 2. The second-order valence-corrected chi connectivity index (χ2v) is 22.6. The molecule has 10 heteroatoms. The molecule has 2 aliphatic heterocycles. The number of β-lactam (4-membered cyclic amide) rings is 1. The van der Waals surface area contributed by atoms with Gasteiger partial charge in [-0.25, -0.2) is 0 Å². The van der Waals surface area contributed by atoms with Gasteiger partial charge in [-0.3, -0.25) is 0 Å². The quantitative estimate of drug-likeness (QED) is 0.298. The monoisotopic (exact) mass is 505 g/mol. The zero-order chi connectivity index (χ0) is 23.1. The predicted octanol–water partition coefficient (Wildman–Crippen LogP) is 2.62. The topological polar surface area (TPSA) is 107 Å². The fourth-order valence-corrected chi connectivity index (χ4v) is 18.1. The Morgan fingerprint density at radius 2 is 1.67 bits per heavy atom. The van der Waals surface area contributed by atoms with E-state index in [4.69, 9.17) is 9.47 Å². The summed E-state index contributed by atoms with van der Waals surface area (Å²) in [5, 5.41) is 1.51. The zero-order valence-corrected chi connectivity index (χ0v) is 21.8. The first kappa shape index (κ1) is 24.9. The van der Waals surface area contributed by atoms with Crippen molar-refractivity contribution in [3.8, 4) is 0 Å². The van der Waals surface area contributed by atoms with Crippen LogP contribution in [0.5, 0.6) is 0 Å². The molecule has 0 aromatic carbocycles. The van der Waals surface area contributed by atoms with Crippen LogP contribution in [0, 0.1) is 0 Å². The number of hydrogen-bond acceptors (Lipinski definition) is 7. The summed E-state index contributed by atoms with van der Waals surface area (Å²) in [4.78, 5) is 38.7. The van der Waals surface area contributed by atoms with E-state index < -0.39 is 56.5 Å². The first-order chi connectivity index (χ1) is 13.7. The van der Waals surface area contributed by atoms with Gasteiger partial charge in [0, 0.05) is 0 Å². The second-order valence-electron chi connectivity index (χ2n) is 9.04. The number of esters is 2. The fraction of sp³-hybridized carbons (Fsp3) is 0.750. The number of hydrogen-bond donors (Lipinski definition) is 0. The molecule has 2 rings (SSSR count). The summed E-state index contributed by atoms with van der Waals surface area (Å²) in [5.74, 6) is -2.10. The fourth-order valence-electron chi connectivity index (χ4n) is 4.48. The summed E-state index contributed by atoms with van der Waals surface area (Å²) < 4.78 is 36.4. The van der Waals surface area contributed by atoms with E-state index in [0.29, 0.717) is 0 Å². The number of sulfone groups is 1. The molecule has 2 heterocycles. The van der Waals surface area contributed by atoms with Gasteiger partial charge in [-0.1, -0.05) is 0 Å². The van der Waals surface area contributed by atoms with E-state index in [-0.39, 0.29) is 23.8 Å². The second kappa shape index (κ2) is 8.64. The summed E-state index contributed by atoms with van der Waals surface area (Å²) in [6, 6.07) is 0. The number of nitrogens with zero attached hydrogens (tertiary/aromatic N) is 1. The molecule has 0 aliphatic carbocycles. The minimum absolute atomic E-state index is 0.0770. The molecule has 2 unspecified atom stereocenters. The molecule has 0 saturated carbocycles. The normalized spacial score (nSPS) is 23.6. The van der Waals surface area contributed by atoms with Crippen molar-refractivity contribution in [2.75, 3.05) is 12.4 Å². The Hall–Kier alpha value is -1.36. The van der Waals surface area contributed by atoms with Gasteiger partial charge >= 0.3 is 182 Å². The van der Waals surface area contributed by atoms with Gasteiger partial charge in [0.05, 0.1) is 0 Å². The van der Waals surface area contributed by atoms with E-state index in [2.05, 4.69) is 0 Å². The minimum atomic E-state index is -3.73. The summed E-state index contributed by atoms with van der Waals surface area (Å²) in [5.41, 5.74) is -0.815. The van der Waals surface area contributed by atoms with Crippen molar-refractivity contribution in [1.29, 1.82) is 0 Å². The van der Waals surface area contributed by atoms with Gasteiger partial charge in [-0.15, -0.1) is 0 Å². The maximum absolute atomic E-state index is 13.3. The molecular formula is C20H33GeNO7S. The van der Waals surface area contributed by atoms with Crippen LogP contribution in [-0.2, 0) is 33.7 Å². The first-order valence-electron chi connectivity index (χ1n) is 10.4. The van der Waals surface area contributed by atoms with E-state index in [9.17, 15) is 22.8 Å². The molecule has 0 aromatic rings. The number of carbonyl (C=O) groups excluding carboxylic acids is 3. The van der Waals surface area contributed by atoms with Crippen LogP contribution < -0.4 is 0 Å². The number of amides is 1. The molecule has 1 saturated heterocycles. The van der Waals surface area contributed by atoms with Gasteiger partial charge in [-0.05, 0) is 0 Å². The summed E-state index contributed by atoms with van der Waals surface area (Å²) in [6.45, 7) is 12.0. The van der Waals surface area contributed by atoms with Crippen molar-refractivity contribution >= 4 is 40.9 Å². The average molecular weight is 504 g/mol.